The van der Waals surface area contributed by atoms with Crippen LogP contribution in [-0.2, 0) is 14.8 Å². The quantitative estimate of drug-likeness (QED) is 0.721. The van der Waals surface area contributed by atoms with Gasteiger partial charge in [-0.2, -0.15) is 0 Å². The van der Waals surface area contributed by atoms with E-state index in [0.29, 0.717) is 32.0 Å². The van der Waals surface area contributed by atoms with Crippen LogP contribution in [0.4, 0.5) is 0 Å². The molecule has 0 saturated carbocycles. The summed E-state index contributed by atoms with van der Waals surface area (Å²) in [4.78, 5) is 0. The second-order valence-corrected chi connectivity index (χ2v) is 6.49. The zero-order chi connectivity index (χ0) is 12.2. The third kappa shape index (κ3) is 2.94. The molecule has 2 unspecified atom stereocenters. The van der Waals surface area contributed by atoms with E-state index in [0.717, 1.165) is 6.42 Å². The summed E-state index contributed by atoms with van der Waals surface area (Å²) in [7, 11) is -1.55. The lowest BCUT2D eigenvalue weighted by Gasteiger charge is -2.22. The van der Waals surface area contributed by atoms with Gasteiger partial charge in [0.1, 0.15) is 0 Å². The topological polar surface area (TPSA) is 72.6 Å². The van der Waals surface area contributed by atoms with Crippen LogP contribution in [-0.4, -0.2) is 51.3 Å². The lowest BCUT2D eigenvalue weighted by atomic mass is 10.1. The molecule has 16 heavy (non-hydrogen) atoms. The summed E-state index contributed by atoms with van der Waals surface area (Å²) in [5.41, 5.74) is 5.50. The van der Waals surface area contributed by atoms with Crippen molar-refractivity contribution in [3.05, 3.63) is 0 Å². The van der Waals surface area contributed by atoms with Gasteiger partial charge in [0.25, 0.3) is 0 Å². The normalized spacial score (nSPS) is 24.8. The Morgan fingerprint density at radius 1 is 1.56 bits per heavy atom. The predicted octanol–water partition coefficient (Wildman–Crippen LogP) is 0.0218. The molecule has 0 radical (unpaired) electrons. The Labute approximate surface area is 98.0 Å². The molecule has 0 aromatic rings. The Morgan fingerprint density at radius 2 is 2.25 bits per heavy atom. The highest BCUT2D eigenvalue weighted by molar-refractivity contribution is 7.89. The molecule has 0 aliphatic carbocycles. The maximum Gasteiger partial charge on any atom is 0.218 e. The lowest BCUT2D eigenvalue weighted by Crippen LogP contribution is -2.41. The van der Waals surface area contributed by atoms with Crippen LogP contribution in [0.25, 0.3) is 0 Å². The number of hydrogen-bond donors (Lipinski definition) is 1. The number of sulfonamides is 1. The van der Waals surface area contributed by atoms with Crippen molar-refractivity contribution >= 4 is 10.0 Å². The molecule has 0 spiro atoms. The van der Waals surface area contributed by atoms with Crippen molar-refractivity contribution in [1.29, 1.82) is 0 Å². The highest BCUT2D eigenvalue weighted by Gasteiger charge is 2.35. The summed E-state index contributed by atoms with van der Waals surface area (Å²) >= 11 is 0. The number of nitrogens with zero attached hydrogens (tertiary/aromatic N) is 1. The summed E-state index contributed by atoms with van der Waals surface area (Å²) in [5.74, 6) is 0.329. The van der Waals surface area contributed by atoms with Gasteiger partial charge in [-0.1, -0.05) is 6.92 Å². The van der Waals surface area contributed by atoms with Gasteiger partial charge >= 0.3 is 0 Å². The number of rotatable bonds is 6. The van der Waals surface area contributed by atoms with Crippen LogP contribution in [0.2, 0.25) is 0 Å². The first-order valence-corrected chi connectivity index (χ1v) is 7.24. The summed E-state index contributed by atoms with van der Waals surface area (Å²) < 4.78 is 30.9. The molecule has 5 nitrogen and oxygen atoms in total. The molecular formula is C10H22N2O3S. The van der Waals surface area contributed by atoms with Gasteiger partial charge < -0.3 is 10.5 Å². The van der Waals surface area contributed by atoms with E-state index in [1.54, 1.807) is 11.4 Å². The highest BCUT2D eigenvalue weighted by atomic mass is 32.2. The molecule has 0 aromatic heterocycles. The van der Waals surface area contributed by atoms with Gasteiger partial charge in [0.15, 0.2) is 0 Å². The monoisotopic (exact) mass is 250 g/mol. The van der Waals surface area contributed by atoms with E-state index in [-0.39, 0.29) is 6.54 Å². The van der Waals surface area contributed by atoms with Gasteiger partial charge in [0, 0.05) is 26.7 Å². The van der Waals surface area contributed by atoms with Crippen LogP contribution in [0.5, 0.6) is 0 Å². The smallest absolute Gasteiger partial charge is 0.218 e. The molecule has 1 heterocycles. The summed E-state index contributed by atoms with van der Waals surface area (Å²) in [6.07, 6.45) is 1.46. The first-order chi connectivity index (χ1) is 7.56. The Hall–Kier alpha value is -0.170. The Bertz CT molecular complexity index is 301. The fourth-order valence-electron chi connectivity index (χ4n) is 2.11. The first-order valence-electron chi connectivity index (χ1n) is 5.74. The molecule has 6 heteroatoms. The van der Waals surface area contributed by atoms with E-state index in [1.165, 1.54) is 0 Å². The molecule has 1 aliphatic heterocycles. The van der Waals surface area contributed by atoms with Crippen LogP contribution < -0.4 is 5.73 Å². The third-order valence-corrected chi connectivity index (χ3v) is 5.57. The minimum atomic E-state index is -3.20. The molecule has 2 atom stereocenters. The van der Waals surface area contributed by atoms with E-state index in [4.69, 9.17) is 10.5 Å². The minimum Gasteiger partial charge on any atom is -0.384 e. The molecule has 1 saturated heterocycles. The largest absolute Gasteiger partial charge is 0.384 e. The van der Waals surface area contributed by atoms with Gasteiger partial charge in [-0.15, -0.1) is 0 Å². The van der Waals surface area contributed by atoms with Crippen LogP contribution in [0.15, 0.2) is 0 Å². The second-order valence-electron chi connectivity index (χ2n) is 4.28. The van der Waals surface area contributed by atoms with E-state index in [1.807, 2.05) is 6.92 Å². The number of methoxy groups -OCH3 is 1. The van der Waals surface area contributed by atoms with Crippen molar-refractivity contribution in [2.24, 2.45) is 11.7 Å². The standard InChI is InChI=1S/C10H22N2O3S/c1-3-10(6-11)16(13,14)12-5-4-9(7-12)8-15-2/h9-10H,3-8,11H2,1-2H3. The molecule has 2 N–H and O–H groups in total. The SMILES string of the molecule is CCC(CN)S(=O)(=O)N1CCC(COC)C1. The Morgan fingerprint density at radius 3 is 2.75 bits per heavy atom. The van der Waals surface area contributed by atoms with E-state index < -0.39 is 15.3 Å². The molecule has 1 fully saturated rings. The van der Waals surface area contributed by atoms with Crippen LogP contribution in [0, 0.1) is 5.92 Å². The van der Waals surface area contributed by atoms with Crippen molar-refractivity contribution in [3.63, 3.8) is 0 Å². The Balaban J connectivity index is 2.64. The van der Waals surface area contributed by atoms with E-state index >= 15 is 0 Å². The van der Waals surface area contributed by atoms with E-state index in [9.17, 15) is 8.42 Å². The number of ether oxygens (including phenoxy) is 1. The van der Waals surface area contributed by atoms with Crippen molar-refractivity contribution in [3.8, 4) is 0 Å². The fraction of sp³-hybridized carbons (Fsp3) is 1.00. The molecule has 1 aliphatic rings. The fourth-order valence-corrected chi connectivity index (χ4v) is 3.97. The van der Waals surface area contributed by atoms with Crippen molar-refractivity contribution < 1.29 is 13.2 Å². The molecule has 1 rings (SSSR count). The maximum absolute atomic E-state index is 12.2. The average Bonchev–Trinajstić information content (AvgIpc) is 2.69. The number of nitrogens with two attached hydrogens (primary N) is 1. The average molecular weight is 250 g/mol. The zero-order valence-corrected chi connectivity index (χ0v) is 10.9. The molecule has 0 amide bonds. The predicted molar refractivity (Wildman–Crippen MR) is 63.6 cm³/mol. The highest BCUT2D eigenvalue weighted by Crippen LogP contribution is 2.22. The molecular weight excluding hydrogens is 228 g/mol. The summed E-state index contributed by atoms with van der Waals surface area (Å²) in [6.45, 7) is 3.87. The zero-order valence-electron chi connectivity index (χ0n) is 10.1. The first kappa shape index (κ1) is 13.9. The van der Waals surface area contributed by atoms with Gasteiger partial charge in [-0.3, -0.25) is 0 Å². The second kappa shape index (κ2) is 5.95. The molecule has 0 aromatic carbocycles. The number of hydrogen-bond acceptors (Lipinski definition) is 4. The van der Waals surface area contributed by atoms with Gasteiger partial charge in [-0.25, -0.2) is 12.7 Å². The molecule has 96 valence electrons. The third-order valence-electron chi connectivity index (χ3n) is 3.15. The molecule has 0 bridgehead atoms. The van der Waals surface area contributed by atoms with Gasteiger partial charge in [0.2, 0.25) is 10.0 Å². The van der Waals surface area contributed by atoms with Crippen molar-refractivity contribution in [1.82, 2.24) is 4.31 Å². The van der Waals surface area contributed by atoms with Gasteiger partial charge in [-0.05, 0) is 18.8 Å². The maximum atomic E-state index is 12.2. The van der Waals surface area contributed by atoms with Crippen LogP contribution >= 0.6 is 0 Å². The van der Waals surface area contributed by atoms with Crippen LogP contribution in [0.3, 0.4) is 0 Å². The summed E-state index contributed by atoms with van der Waals surface area (Å²) in [5, 5.41) is -0.436. The lowest BCUT2D eigenvalue weighted by molar-refractivity contribution is 0.157. The van der Waals surface area contributed by atoms with E-state index in [2.05, 4.69) is 0 Å². The van der Waals surface area contributed by atoms with Crippen LogP contribution in [0.1, 0.15) is 19.8 Å². The van der Waals surface area contributed by atoms with Crippen molar-refractivity contribution in [2.75, 3.05) is 33.4 Å². The Kier molecular flexibility index (Phi) is 5.17. The minimum absolute atomic E-state index is 0.199. The summed E-state index contributed by atoms with van der Waals surface area (Å²) in [6, 6.07) is 0. The van der Waals surface area contributed by atoms with Crippen molar-refractivity contribution in [2.45, 2.75) is 25.0 Å². The van der Waals surface area contributed by atoms with Gasteiger partial charge in [0.05, 0.1) is 11.9 Å².